The second kappa shape index (κ2) is 3.63. The van der Waals surface area contributed by atoms with Gasteiger partial charge in [-0.05, 0) is 32.5 Å². The molecule has 1 fully saturated rings. The molecule has 3 rings (SSSR count). The van der Waals surface area contributed by atoms with E-state index in [1.54, 1.807) is 6.07 Å². The van der Waals surface area contributed by atoms with Crippen LogP contribution in [0, 0.1) is 11.7 Å². The van der Waals surface area contributed by atoms with Crippen LogP contribution < -0.4 is 9.73 Å². The molecule has 3 heterocycles. The van der Waals surface area contributed by atoms with Crippen molar-refractivity contribution in [2.24, 2.45) is 4.99 Å². The van der Waals surface area contributed by atoms with Gasteiger partial charge in [0.15, 0.2) is 5.82 Å². The molecule has 0 aromatic carbocycles. The summed E-state index contributed by atoms with van der Waals surface area (Å²) in [5.74, 6) is 0.798. The molecule has 3 nitrogen and oxygen atoms in total. The summed E-state index contributed by atoms with van der Waals surface area (Å²) in [7, 11) is 2.12. The number of pyridine rings is 1. The summed E-state index contributed by atoms with van der Waals surface area (Å²) in [6.07, 6.45) is 5.14. The lowest BCUT2D eigenvalue weighted by Gasteiger charge is -2.30. The average Bonchev–Trinajstić information content (AvgIpc) is 2.26. The topological polar surface area (TPSA) is 21.5 Å². The van der Waals surface area contributed by atoms with Gasteiger partial charge in [-0.25, -0.2) is 4.39 Å². The second-order valence-electron chi connectivity index (χ2n) is 4.54. The summed E-state index contributed by atoms with van der Waals surface area (Å²) in [5.41, 5.74) is 0.857. The number of rotatable bonds is 1. The molecular formula is C12H15FN3+. The van der Waals surface area contributed by atoms with Gasteiger partial charge >= 0.3 is 0 Å². The van der Waals surface area contributed by atoms with E-state index >= 15 is 0 Å². The third kappa shape index (κ3) is 1.45. The van der Waals surface area contributed by atoms with Crippen LogP contribution in [0.4, 0.5) is 4.39 Å². The first-order valence-corrected chi connectivity index (χ1v) is 5.76. The van der Waals surface area contributed by atoms with Gasteiger partial charge in [0.2, 0.25) is 0 Å². The minimum absolute atomic E-state index is 0.199. The molecule has 1 unspecified atom stereocenters. The van der Waals surface area contributed by atoms with Crippen molar-refractivity contribution < 1.29 is 8.63 Å². The first kappa shape index (κ1) is 9.90. The van der Waals surface area contributed by atoms with Gasteiger partial charge in [-0.15, -0.1) is 0 Å². The smallest absolute Gasteiger partial charge is 0.271 e. The first-order valence-electron chi connectivity index (χ1n) is 5.76. The standard InChI is InChI=1S/C12H15FN3/c1-15-7-3-2-4-10(15)12-14-11-6-5-9(13)8-16(11)12/h5-6,8,10H,2-4,7H2,1H3/q+1. The monoisotopic (exact) mass is 220 g/mol. The molecule has 0 saturated carbocycles. The molecule has 0 radical (unpaired) electrons. The molecule has 0 bridgehead atoms. The molecule has 1 aromatic rings. The van der Waals surface area contributed by atoms with Crippen molar-refractivity contribution >= 4 is 0 Å². The van der Waals surface area contributed by atoms with Crippen LogP contribution in [0.25, 0.3) is 0 Å². The second-order valence-corrected chi connectivity index (χ2v) is 4.54. The lowest BCUT2D eigenvalue weighted by Crippen LogP contribution is -2.55. The third-order valence-electron chi connectivity index (χ3n) is 3.44. The maximum Gasteiger partial charge on any atom is 0.271 e. The maximum atomic E-state index is 13.1. The molecular weight excluding hydrogens is 205 g/mol. The van der Waals surface area contributed by atoms with Crippen molar-refractivity contribution in [1.82, 2.24) is 4.90 Å². The highest BCUT2D eigenvalue weighted by Crippen LogP contribution is 2.19. The van der Waals surface area contributed by atoms with E-state index in [9.17, 15) is 4.39 Å². The van der Waals surface area contributed by atoms with Crippen LogP contribution in [0.2, 0.25) is 0 Å². The predicted molar refractivity (Wildman–Crippen MR) is 56.7 cm³/mol. The Kier molecular flexibility index (Phi) is 2.24. The Morgan fingerprint density at radius 1 is 1.44 bits per heavy atom. The summed E-state index contributed by atoms with van der Waals surface area (Å²) >= 11 is 0. The Hall–Kier alpha value is -1.29. The molecule has 1 atom stereocenters. The van der Waals surface area contributed by atoms with Crippen LogP contribution >= 0.6 is 0 Å². The van der Waals surface area contributed by atoms with Gasteiger partial charge in [0.05, 0.1) is 0 Å². The molecule has 1 saturated heterocycles. The Balaban J connectivity index is 2.01. The summed E-state index contributed by atoms with van der Waals surface area (Å²) in [4.78, 5) is 6.78. The zero-order valence-corrected chi connectivity index (χ0v) is 9.36. The highest BCUT2D eigenvalue weighted by molar-refractivity contribution is 4.97. The Bertz CT molecular complexity index is 538. The largest absolute Gasteiger partial charge is 0.294 e. The molecule has 0 spiro atoms. The maximum absolute atomic E-state index is 13.1. The number of hydrogen-bond acceptors (Lipinski definition) is 2. The summed E-state index contributed by atoms with van der Waals surface area (Å²) < 4.78 is 15.0. The number of hydrogen-bond donors (Lipinski definition) is 0. The number of piperidine rings is 1. The highest BCUT2D eigenvalue weighted by atomic mass is 19.1. The minimum Gasteiger partial charge on any atom is -0.294 e. The van der Waals surface area contributed by atoms with Crippen LogP contribution in [0.3, 0.4) is 0 Å². The Morgan fingerprint density at radius 2 is 2.31 bits per heavy atom. The lowest BCUT2D eigenvalue weighted by atomic mass is 10.0. The van der Waals surface area contributed by atoms with Crippen LogP contribution in [0.1, 0.15) is 19.3 Å². The van der Waals surface area contributed by atoms with Gasteiger partial charge in [-0.1, -0.05) is 11.4 Å². The van der Waals surface area contributed by atoms with Gasteiger partial charge < -0.3 is 0 Å². The Labute approximate surface area is 93.6 Å². The molecule has 1 aromatic heterocycles. The van der Waals surface area contributed by atoms with Gasteiger partial charge in [-0.3, -0.25) is 4.90 Å². The molecule has 2 aliphatic heterocycles. The van der Waals surface area contributed by atoms with Crippen LogP contribution in [-0.4, -0.2) is 24.5 Å². The fourth-order valence-electron chi connectivity index (χ4n) is 2.50. The van der Waals surface area contributed by atoms with Crippen LogP contribution in [0.15, 0.2) is 23.3 Å². The van der Waals surface area contributed by atoms with Gasteiger partial charge in [0.1, 0.15) is 12.2 Å². The zero-order chi connectivity index (χ0) is 11.1. The van der Waals surface area contributed by atoms with E-state index in [-0.39, 0.29) is 5.82 Å². The lowest BCUT2D eigenvalue weighted by molar-refractivity contribution is -0.571. The van der Waals surface area contributed by atoms with Crippen molar-refractivity contribution in [2.45, 2.75) is 25.3 Å². The van der Waals surface area contributed by atoms with Crippen LogP contribution in [0.5, 0.6) is 0 Å². The van der Waals surface area contributed by atoms with Gasteiger partial charge in [0, 0.05) is 6.07 Å². The predicted octanol–water partition coefficient (Wildman–Crippen LogP) is 0.568. The fourth-order valence-corrected chi connectivity index (χ4v) is 2.50. The molecule has 4 heteroatoms. The quantitative estimate of drug-likeness (QED) is 0.634. The van der Waals surface area contributed by atoms with E-state index in [0.717, 1.165) is 24.3 Å². The molecule has 0 aliphatic carbocycles. The Morgan fingerprint density at radius 3 is 3.12 bits per heavy atom. The molecule has 0 amide bonds. The van der Waals surface area contributed by atoms with E-state index in [4.69, 9.17) is 0 Å². The van der Waals surface area contributed by atoms with E-state index in [2.05, 4.69) is 16.9 Å². The number of halogens is 1. The summed E-state index contributed by atoms with van der Waals surface area (Å²) in [6, 6.07) is 3.53. The van der Waals surface area contributed by atoms with E-state index in [1.807, 2.05) is 4.24 Å². The van der Waals surface area contributed by atoms with Crippen LogP contribution in [-0.2, 0) is 0 Å². The molecule has 16 heavy (non-hydrogen) atoms. The number of likely N-dealkylation sites (tertiary alicyclic amines) is 1. The highest BCUT2D eigenvalue weighted by Gasteiger charge is 2.31. The van der Waals surface area contributed by atoms with Gasteiger partial charge in [0.25, 0.3) is 11.3 Å². The van der Waals surface area contributed by atoms with Crippen molar-refractivity contribution in [2.75, 3.05) is 13.6 Å². The number of fused-ring (bicyclic) bond motifs is 1. The third-order valence-corrected chi connectivity index (χ3v) is 3.44. The normalized spacial score (nSPS) is 24.6. The van der Waals surface area contributed by atoms with Crippen molar-refractivity contribution in [3.63, 3.8) is 0 Å². The number of aromatic nitrogens is 1. The molecule has 2 aliphatic rings. The van der Waals surface area contributed by atoms with Crippen molar-refractivity contribution in [3.8, 4) is 0 Å². The SMILES string of the molecule is CN1CCCCC1C1=[n+]2cc(F)ccc2=N1. The van der Waals surface area contributed by atoms with Gasteiger partial charge in [-0.2, -0.15) is 4.24 Å². The average molecular weight is 220 g/mol. The first-order chi connectivity index (χ1) is 7.75. The number of likely N-dealkylation sites (N-methyl/N-ethyl adjacent to an activating group) is 1. The van der Waals surface area contributed by atoms with E-state index in [0.29, 0.717) is 6.04 Å². The summed E-state index contributed by atoms with van der Waals surface area (Å²) in [6.45, 7) is 1.11. The number of nitrogens with zero attached hydrogens (tertiary/aromatic N) is 3. The fraction of sp³-hybridized carbons (Fsp3) is 0.500. The molecule has 84 valence electrons. The van der Waals surface area contributed by atoms with Crippen molar-refractivity contribution in [3.05, 3.63) is 35.5 Å². The minimum atomic E-state index is -0.199. The van der Waals surface area contributed by atoms with E-state index < -0.39 is 0 Å². The van der Waals surface area contributed by atoms with Crippen molar-refractivity contribution in [1.29, 1.82) is 0 Å². The zero-order valence-electron chi connectivity index (χ0n) is 9.36. The summed E-state index contributed by atoms with van der Waals surface area (Å²) in [5, 5.41) is 0. The van der Waals surface area contributed by atoms with E-state index in [1.165, 1.54) is 25.1 Å². The molecule has 0 N–H and O–H groups in total.